The maximum absolute atomic E-state index is 11.5. The first kappa shape index (κ1) is 13.4. The Labute approximate surface area is 110 Å². The molecule has 0 bridgehead atoms. The van der Waals surface area contributed by atoms with Gasteiger partial charge in [-0.05, 0) is 41.6 Å². The number of nitro groups is 1. The number of nitriles is 1. The molecule has 0 aliphatic heterocycles. The van der Waals surface area contributed by atoms with Crippen LogP contribution >= 0.6 is 22.6 Å². The minimum Gasteiger partial charge on any atom is -0.462 e. The predicted octanol–water partition coefficient (Wildman–Crippen LogP) is 2.25. The summed E-state index contributed by atoms with van der Waals surface area (Å²) >= 11 is 1.67. The second-order valence-electron chi connectivity index (χ2n) is 2.91. The van der Waals surface area contributed by atoms with Crippen LogP contribution in [0.25, 0.3) is 0 Å². The number of nitro benzene ring substituents is 1. The van der Waals surface area contributed by atoms with Crippen molar-refractivity contribution in [2.75, 3.05) is 6.61 Å². The summed E-state index contributed by atoms with van der Waals surface area (Å²) < 4.78 is 4.86. The summed E-state index contributed by atoms with van der Waals surface area (Å²) in [6.45, 7) is 1.74. The van der Waals surface area contributed by atoms with Gasteiger partial charge in [-0.2, -0.15) is 5.26 Å². The van der Waals surface area contributed by atoms with Crippen LogP contribution in [0.3, 0.4) is 0 Å². The molecular weight excluding hydrogens is 339 g/mol. The van der Waals surface area contributed by atoms with Crippen LogP contribution in [0.4, 0.5) is 5.69 Å². The lowest BCUT2D eigenvalue weighted by molar-refractivity contribution is -0.386. The molecule has 0 unspecified atom stereocenters. The Kier molecular flexibility index (Phi) is 4.39. The fourth-order valence-corrected chi connectivity index (χ4v) is 1.99. The monoisotopic (exact) mass is 346 g/mol. The number of halogens is 1. The molecule has 1 aromatic rings. The zero-order valence-corrected chi connectivity index (χ0v) is 10.9. The van der Waals surface area contributed by atoms with E-state index in [-0.39, 0.29) is 27.0 Å². The highest BCUT2D eigenvalue weighted by atomic mass is 127. The van der Waals surface area contributed by atoms with Gasteiger partial charge in [-0.3, -0.25) is 10.1 Å². The molecular formula is C10H7IN2O4. The lowest BCUT2D eigenvalue weighted by Gasteiger charge is -2.05. The van der Waals surface area contributed by atoms with Gasteiger partial charge in [0, 0.05) is 0 Å². The molecule has 1 aromatic carbocycles. The van der Waals surface area contributed by atoms with Gasteiger partial charge in [-0.15, -0.1) is 0 Å². The molecule has 7 heteroatoms. The first-order valence-corrected chi connectivity index (χ1v) is 5.64. The zero-order valence-electron chi connectivity index (χ0n) is 8.77. The molecule has 0 atom stereocenters. The molecule has 1 rings (SSSR count). The van der Waals surface area contributed by atoms with E-state index in [0.717, 1.165) is 0 Å². The molecule has 0 aromatic heterocycles. The SMILES string of the molecule is CCOC(=O)c1ccc(C#N)c(I)c1[N+](=O)[O-]. The van der Waals surface area contributed by atoms with Gasteiger partial charge in [0.25, 0.3) is 5.69 Å². The van der Waals surface area contributed by atoms with Gasteiger partial charge in [0.2, 0.25) is 0 Å². The maximum atomic E-state index is 11.5. The van der Waals surface area contributed by atoms with Crippen LogP contribution in [0.15, 0.2) is 12.1 Å². The van der Waals surface area contributed by atoms with E-state index in [2.05, 4.69) is 0 Å². The summed E-state index contributed by atoms with van der Waals surface area (Å²) in [5, 5.41) is 19.7. The van der Waals surface area contributed by atoms with E-state index >= 15 is 0 Å². The predicted molar refractivity (Wildman–Crippen MR) is 66.5 cm³/mol. The Morgan fingerprint density at radius 2 is 2.29 bits per heavy atom. The van der Waals surface area contributed by atoms with Crippen molar-refractivity contribution in [2.45, 2.75) is 6.92 Å². The molecule has 88 valence electrons. The van der Waals surface area contributed by atoms with Crippen molar-refractivity contribution in [3.8, 4) is 6.07 Å². The quantitative estimate of drug-likeness (QED) is 0.362. The molecule has 0 saturated carbocycles. The molecule has 0 N–H and O–H groups in total. The van der Waals surface area contributed by atoms with Crippen LogP contribution in [-0.2, 0) is 4.74 Å². The first-order valence-electron chi connectivity index (χ1n) is 4.57. The van der Waals surface area contributed by atoms with Crippen molar-refractivity contribution in [1.82, 2.24) is 0 Å². The molecule has 6 nitrogen and oxygen atoms in total. The van der Waals surface area contributed by atoms with Crippen LogP contribution in [0.2, 0.25) is 0 Å². The Bertz CT molecular complexity index is 522. The molecule has 17 heavy (non-hydrogen) atoms. The number of benzene rings is 1. The topological polar surface area (TPSA) is 93.2 Å². The number of rotatable bonds is 3. The number of esters is 1. The number of hydrogen-bond acceptors (Lipinski definition) is 5. The number of carbonyl (C=O) groups is 1. The highest BCUT2D eigenvalue weighted by Gasteiger charge is 2.26. The number of nitrogens with zero attached hydrogens (tertiary/aromatic N) is 2. The summed E-state index contributed by atoms with van der Waals surface area (Å²) in [5.74, 6) is -0.762. The van der Waals surface area contributed by atoms with Crippen LogP contribution in [-0.4, -0.2) is 17.5 Å². The van der Waals surface area contributed by atoms with Gasteiger partial charge in [0.05, 0.1) is 17.1 Å². The third-order valence-corrected chi connectivity index (χ3v) is 3.01. The lowest BCUT2D eigenvalue weighted by atomic mass is 10.1. The molecule has 0 aliphatic carbocycles. The number of hydrogen-bond donors (Lipinski definition) is 0. The highest BCUT2D eigenvalue weighted by molar-refractivity contribution is 14.1. The Morgan fingerprint density at radius 3 is 2.76 bits per heavy atom. The molecule has 0 saturated heterocycles. The third-order valence-electron chi connectivity index (χ3n) is 1.91. The van der Waals surface area contributed by atoms with Crippen molar-refractivity contribution < 1.29 is 14.5 Å². The average Bonchev–Trinajstić information content (AvgIpc) is 2.28. The van der Waals surface area contributed by atoms with Crippen LogP contribution in [0, 0.1) is 25.0 Å². The first-order chi connectivity index (χ1) is 8.02. The van der Waals surface area contributed by atoms with Gasteiger partial charge in [0.1, 0.15) is 15.2 Å². The molecule has 0 spiro atoms. The summed E-state index contributed by atoms with van der Waals surface area (Å²) in [6.07, 6.45) is 0. The number of carbonyl (C=O) groups excluding carboxylic acids is 1. The Hall–Kier alpha value is -1.69. The van der Waals surface area contributed by atoms with Crippen LogP contribution in [0.1, 0.15) is 22.8 Å². The molecule has 0 radical (unpaired) electrons. The van der Waals surface area contributed by atoms with Gasteiger partial charge in [0.15, 0.2) is 0 Å². The summed E-state index contributed by atoms with van der Waals surface area (Å²) in [4.78, 5) is 21.7. The largest absolute Gasteiger partial charge is 0.462 e. The molecule has 0 fully saturated rings. The third kappa shape index (κ3) is 2.71. The highest BCUT2D eigenvalue weighted by Crippen LogP contribution is 2.28. The van der Waals surface area contributed by atoms with Crippen LogP contribution < -0.4 is 0 Å². The molecule has 0 aliphatic rings. The van der Waals surface area contributed by atoms with E-state index in [1.807, 2.05) is 6.07 Å². The van der Waals surface area contributed by atoms with Crippen molar-refractivity contribution in [3.63, 3.8) is 0 Å². The second kappa shape index (κ2) is 5.58. The Balaban J connectivity index is 3.43. The fourth-order valence-electron chi connectivity index (χ4n) is 1.20. The van der Waals surface area contributed by atoms with Crippen molar-refractivity contribution in [2.24, 2.45) is 0 Å². The smallest absolute Gasteiger partial charge is 0.345 e. The average molecular weight is 346 g/mol. The zero-order chi connectivity index (χ0) is 13.0. The maximum Gasteiger partial charge on any atom is 0.345 e. The Morgan fingerprint density at radius 1 is 1.65 bits per heavy atom. The van der Waals surface area contributed by atoms with E-state index in [9.17, 15) is 14.9 Å². The number of ether oxygens (including phenoxy) is 1. The van der Waals surface area contributed by atoms with E-state index < -0.39 is 10.9 Å². The van der Waals surface area contributed by atoms with Crippen molar-refractivity contribution in [1.29, 1.82) is 5.26 Å². The van der Waals surface area contributed by atoms with Gasteiger partial charge >= 0.3 is 5.97 Å². The fraction of sp³-hybridized carbons (Fsp3) is 0.200. The van der Waals surface area contributed by atoms with E-state index in [1.165, 1.54) is 12.1 Å². The summed E-state index contributed by atoms with van der Waals surface area (Å²) in [6, 6.07) is 4.42. The standard InChI is InChI=1S/C10H7IN2O4/c1-2-17-10(14)7-4-3-6(5-12)8(11)9(7)13(15)16/h3-4H,2H2,1H3. The second-order valence-corrected chi connectivity index (χ2v) is 3.99. The molecule has 0 heterocycles. The minimum absolute atomic E-state index is 0.132. The van der Waals surface area contributed by atoms with E-state index in [1.54, 1.807) is 29.5 Å². The van der Waals surface area contributed by atoms with Gasteiger partial charge in [-0.25, -0.2) is 4.79 Å². The van der Waals surface area contributed by atoms with Crippen LogP contribution in [0.5, 0.6) is 0 Å². The van der Waals surface area contributed by atoms with E-state index in [4.69, 9.17) is 10.00 Å². The van der Waals surface area contributed by atoms with E-state index in [0.29, 0.717) is 0 Å². The van der Waals surface area contributed by atoms with Crippen molar-refractivity contribution in [3.05, 3.63) is 36.9 Å². The lowest BCUT2D eigenvalue weighted by Crippen LogP contribution is -2.09. The summed E-state index contributed by atoms with van der Waals surface area (Å²) in [5.41, 5.74) is -0.367. The minimum atomic E-state index is -0.762. The van der Waals surface area contributed by atoms with Gasteiger partial charge < -0.3 is 4.74 Å². The van der Waals surface area contributed by atoms with Crippen molar-refractivity contribution >= 4 is 34.2 Å². The summed E-state index contributed by atoms with van der Waals surface area (Å²) in [7, 11) is 0. The molecule has 0 amide bonds. The van der Waals surface area contributed by atoms with Gasteiger partial charge in [-0.1, -0.05) is 0 Å². The normalized spacial score (nSPS) is 9.47.